The molecule has 2 rings (SSSR count). The van der Waals surface area contributed by atoms with E-state index in [1.165, 1.54) is 6.07 Å². The van der Waals surface area contributed by atoms with E-state index in [0.717, 1.165) is 17.3 Å². The quantitative estimate of drug-likeness (QED) is 0.903. The maximum Gasteiger partial charge on any atom is 0.141 e. The predicted molar refractivity (Wildman–Crippen MR) is 65.6 cm³/mol. The molecular formula is C14H14FNO2. The van der Waals surface area contributed by atoms with Gasteiger partial charge >= 0.3 is 0 Å². The molecule has 0 unspecified atom stereocenters. The number of benzene rings is 1. The Morgan fingerprint density at radius 2 is 2.11 bits per heavy atom. The molecule has 94 valence electrons. The van der Waals surface area contributed by atoms with Crippen molar-refractivity contribution in [1.82, 2.24) is 4.98 Å². The number of hydrogen-bond donors (Lipinski definition) is 1. The maximum absolute atomic E-state index is 12.9. The van der Waals surface area contributed by atoms with E-state index in [4.69, 9.17) is 4.74 Å². The van der Waals surface area contributed by atoms with Gasteiger partial charge < -0.3 is 9.84 Å². The van der Waals surface area contributed by atoms with E-state index in [-0.39, 0.29) is 19.0 Å². The van der Waals surface area contributed by atoms with Crippen LogP contribution in [-0.4, -0.2) is 10.1 Å². The topological polar surface area (TPSA) is 42.4 Å². The number of aliphatic hydroxyl groups excluding tert-OH is 1. The summed E-state index contributed by atoms with van der Waals surface area (Å²) in [6, 6.07) is 6.94. The highest BCUT2D eigenvalue weighted by Gasteiger charge is 2.04. The van der Waals surface area contributed by atoms with E-state index in [2.05, 4.69) is 4.98 Å². The van der Waals surface area contributed by atoms with Crippen LogP contribution in [0.15, 0.2) is 36.7 Å². The van der Waals surface area contributed by atoms with Gasteiger partial charge in [0.05, 0.1) is 12.8 Å². The van der Waals surface area contributed by atoms with Crippen LogP contribution in [0.5, 0.6) is 5.75 Å². The van der Waals surface area contributed by atoms with Gasteiger partial charge in [0.15, 0.2) is 0 Å². The fourth-order valence-corrected chi connectivity index (χ4v) is 1.67. The minimum Gasteiger partial charge on any atom is -0.488 e. The third kappa shape index (κ3) is 3.05. The van der Waals surface area contributed by atoms with Crippen molar-refractivity contribution in [3.8, 4) is 5.75 Å². The van der Waals surface area contributed by atoms with Gasteiger partial charge in [-0.05, 0) is 19.1 Å². The SMILES string of the molecule is Cc1ccc(OCc2cncc(F)c2)c(CO)c1. The number of ether oxygens (including phenoxy) is 1. The Kier molecular flexibility index (Phi) is 3.89. The highest BCUT2D eigenvalue weighted by atomic mass is 19.1. The molecule has 0 saturated carbocycles. The van der Waals surface area contributed by atoms with Crippen LogP contribution >= 0.6 is 0 Å². The molecule has 0 fully saturated rings. The molecule has 1 heterocycles. The van der Waals surface area contributed by atoms with Crippen molar-refractivity contribution >= 4 is 0 Å². The number of rotatable bonds is 4. The maximum atomic E-state index is 12.9. The minimum atomic E-state index is -0.387. The van der Waals surface area contributed by atoms with Crippen LogP contribution in [0.3, 0.4) is 0 Å². The van der Waals surface area contributed by atoms with Crippen molar-refractivity contribution in [1.29, 1.82) is 0 Å². The van der Waals surface area contributed by atoms with Gasteiger partial charge in [-0.15, -0.1) is 0 Å². The van der Waals surface area contributed by atoms with Gasteiger partial charge in [0, 0.05) is 17.3 Å². The van der Waals surface area contributed by atoms with Crippen LogP contribution in [0.1, 0.15) is 16.7 Å². The van der Waals surface area contributed by atoms with Crippen molar-refractivity contribution in [2.45, 2.75) is 20.1 Å². The summed E-state index contributed by atoms with van der Waals surface area (Å²) in [7, 11) is 0. The first kappa shape index (κ1) is 12.5. The molecule has 1 N–H and O–H groups in total. The molecule has 3 nitrogen and oxygen atoms in total. The summed E-state index contributed by atoms with van der Waals surface area (Å²) in [6.07, 6.45) is 2.70. The normalized spacial score (nSPS) is 10.4. The zero-order valence-corrected chi connectivity index (χ0v) is 10.1. The van der Waals surface area contributed by atoms with Crippen molar-refractivity contribution < 1.29 is 14.2 Å². The number of halogens is 1. The van der Waals surface area contributed by atoms with Gasteiger partial charge in [-0.2, -0.15) is 0 Å². The van der Waals surface area contributed by atoms with Crippen LogP contribution in [0.4, 0.5) is 4.39 Å². The summed E-state index contributed by atoms with van der Waals surface area (Å²) >= 11 is 0. The van der Waals surface area contributed by atoms with E-state index < -0.39 is 0 Å². The number of pyridine rings is 1. The number of hydrogen-bond acceptors (Lipinski definition) is 3. The summed E-state index contributed by atoms with van der Waals surface area (Å²) in [5, 5.41) is 9.23. The molecule has 1 aromatic carbocycles. The third-order valence-electron chi connectivity index (χ3n) is 2.54. The minimum absolute atomic E-state index is 0.0849. The Bertz CT molecular complexity index is 543. The molecule has 0 atom stereocenters. The van der Waals surface area contributed by atoms with Crippen LogP contribution in [0.2, 0.25) is 0 Å². The highest BCUT2D eigenvalue weighted by Crippen LogP contribution is 2.21. The molecule has 0 radical (unpaired) electrons. The Labute approximate surface area is 105 Å². The van der Waals surface area contributed by atoms with Gasteiger partial charge in [-0.3, -0.25) is 4.98 Å². The second kappa shape index (κ2) is 5.60. The lowest BCUT2D eigenvalue weighted by Gasteiger charge is -2.10. The summed E-state index contributed by atoms with van der Waals surface area (Å²) in [4.78, 5) is 3.75. The third-order valence-corrected chi connectivity index (χ3v) is 2.54. The monoisotopic (exact) mass is 247 g/mol. The largest absolute Gasteiger partial charge is 0.488 e. The summed E-state index contributed by atoms with van der Waals surface area (Å²) < 4.78 is 18.5. The van der Waals surface area contributed by atoms with Gasteiger partial charge in [0.1, 0.15) is 18.2 Å². The fraction of sp³-hybridized carbons (Fsp3) is 0.214. The summed E-state index contributed by atoms with van der Waals surface area (Å²) in [6.45, 7) is 2.08. The van der Waals surface area contributed by atoms with Gasteiger partial charge in [-0.25, -0.2) is 4.39 Å². The molecule has 0 bridgehead atoms. The van der Waals surface area contributed by atoms with Crippen LogP contribution < -0.4 is 4.74 Å². The number of aryl methyl sites for hydroxylation is 1. The molecule has 0 amide bonds. The highest BCUT2D eigenvalue weighted by molar-refractivity contribution is 5.36. The second-order valence-electron chi connectivity index (χ2n) is 4.07. The molecule has 2 aromatic rings. The molecule has 0 spiro atoms. The first-order chi connectivity index (χ1) is 8.69. The van der Waals surface area contributed by atoms with Crippen molar-refractivity contribution in [3.05, 3.63) is 59.2 Å². The molecule has 0 aliphatic heterocycles. The summed E-state index contributed by atoms with van der Waals surface area (Å²) in [5.41, 5.74) is 2.43. The van der Waals surface area contributed by atoms with Gasteiger partial charge in [0.2, 0.25) is 0 Å². The molecular weight excluding hydrogens is 233 g/mol. The Balaban J connectivity index is 2.10. The average Bonchev–Trinajstić information content (AvgIpc) is 2.37. The van der Waals surface area contributed by atoms with Crippen molar-refractivity contribution in [2.75, 3.05) is 0 Å². The first-order valence-electron chi connectivity index (χ1n) is 5.61. The smallest absolute Gasteiger partial charge is 0.141 e. The van der Waals surface area contributed by atoms with E-state index >= 15 is 0 Å². The molecule has 1 aromatic heterocycles. The second-order valence-corrected chi connectivity index (χ2v) is 4.07. The van der Waals surface area contributed by atoms with Gasteiger partial charge in [-0.1, -0.05) is 17.7 Å². The lowest BCUT2D eigenvalue weighted by Crippen LogP contribution is -2.00. The predicted octanol–water partition coefficient (Wildman–Crippen LogP) is 2.60. The van der Waals surface area contributed by atoms with Crippen molar-refractivity contribution in [2.24, 2.45) is 0 Å². The van der Waals surface area contributed by atoms with Gasteiger partial charge in [0.25, 0.3) is 0 Å². The molecule has 0 saturated heterocycles. The van der Waals surface area contributed by atoms with Crippen LogP contribution in [-0.2, 0) is 13.2 Å². The Hall–Kier alpha value is -1.94. The lowest BCUT2D eigenvalue weighted by atomic mass is 10.1. The van der Waals surface area contributed by atoms with Crippen LogP contribution in [0.25, 0.3) is 0 Å². The molecule has 0 aliphatic carbocycles. The standard InChI is InChI=1S/C14H14FNO2/c1-10-2-3-14(12(4-10)8-17)18-9-11-5-13(15)7-16-6-11/h2-7,17H,8-9H2,1H3. The molecule has 4 heteroatoms. The summed E-state index contributed by atoms with van der Waals surface area (Å²) in [5.74, 6) is 0.217. The number of nitrogens with zero attached hydrogens (tertiary/aromatic N) is 1. The van der Waals surface area contributed by atoms with E-state index in [0.29, 0.717) is 11.3 Å². The zero-order chi connectivity index (χ0) is 13.0. The Morgan fingerprint density at radius 3 is 2.83 bits per heavy atom. The zero-order valence-electron chi connectivity index (χ0n) is 10.1. The van der Waals surface area contributed by atoms with E-state index in [9.17, 15) is 9.50 Å². The van der Waals surface area contributed by atoms with Crippen LogP contribution in [0, 0.1) is 12.7 Å². The van der Waals surface area contributed by atoms with Crippen molar-refractivity contribution in [3.63, 3.8) is 0 Å². The fourth-order valence-electron chi connectivity index (χ4n) is 1.67. The lowest BCUT2D eigenvalue weighted by molar-refractivity contribution is 0.258. The Morgan fingerprint density at radius 1 is 1.28 bits per heavy atom. The first-order valence-corrected chi connectivity index (χ1v) is 5.61. The van der Waals surface area contributed by atoms with E-state index in [1.807, 2.05) is 19.1 Å². The molecule has 18 heavy (non-hydrogen) atoms. The molecule has 0 aliphatic rings. The number of aromatic nitrogens is 1. The number of aliphatic hydroxyl groups is 1. The average molecular weight is 247 g/mol. The van der Waals surface area contributed by atoms with E-state index in [1.54, 1.807) is 12.3 Å².